The van der Waals surface area contributed by atoms with Crippen LogP contribution in [0.5, 0.6) is 0 Å². The highest BCUT2D eigenvalue weighted by Gasteiger charge is 2.40. The number of hydrogen-bond donors (Lipinski definition) is 2. The summed E-state index contributed by atoms with van der Waals surface area (Å²) >= 11 is 0. The molecule has 0 saturated heterocycles. The van der Waals surface area contributed by atoms with E-state index >= 15 is 0 Å². The molecule has 0 heterocycles. The highest BCUT2D eigenvalue weighted by Crippen LogP contribution is 2.34. The summed E-state index contributed by atoms with van der Waals surface area (Å²) in [4.78, 5) is 12.6. The van der Waals surface area contributed by atoms with Crippen LogP contribution >= 0.6 is 0 Å². The van der Waals surface area contributed by atoms with Crippen molar-refractivity contribution in [3.63, 3.8) is 0 Å². The van der Waals surface area contributed by atoms with Crippen LogP contribution in [0.15, 0.2) is 30.3 Å². The Morgan fingerprint density at radius 3 is 2.67 bits per heavy atom. The average molecular weight is 288 g/mol. The lowest BCUT2D eigenvalue weighted by Gasteiger charge is -2.42. The van der Waals surface area contributed by atoms with Crippen molar-refractivity contribution >= 4 is 5.91 Å². The molecule has 116 valence electrons. The second-order valence-electron chi connectivity index (χ2n) is 6.72. The molecule has 0 spiro atoms. The molecule has 0 aliphatic heterocycles. The molecule has 0 aromatic heterocycles. The van der Waals surface area contributed by atoms with Gasteiger partial charge in [0.05, 0.1) is 5.92 Å². The van der Waals surface area contributed by atoms with Gasteiger partial charge in [-0.3, -0.25) is 4.79 Å². The molecule has 1 aliphatic carbocycles. The maximum atomic E-state index is 12.6. The molecule has 1 aromatic rings. The van der Waals surface area contributed by atoms with Crippen LogP contribution in [0.25, 0.3) is 0 Å². The Labute approximate surface area is 128 Å². The molecule has 21 heavy (non-hydrogen) atoms. The van der Waals surface area contributed by atoms with E-state index in [1.54, 1.807) is 0 Å². The molecule has 2 N–H and O–H groups in total. The molecule has 2 atom stereocenters. The van der Waals surface area contributed by atoms with Crippen molar-refractivity contribution < 1.29 is 4.79 Å². The minimum absolute atomic E-state index is 0.0670. The Hall–Kier alpha value is -1.35. The van der Waals surface area contributed by atoms with Gasteiger partial charge < -0.3 is 10.6 Å². The van der Waals surface area contributed by atoms with Gasteiger partial charge in [-0.2, -0.15) is 0 Å². The van der Waals surface area contributed by atoms with Gasteiger partial charge in [-0.15, -0.1) is 0 Å². The van der Waals surface area contributed by atoms with E-state index < -0.39 is 0 Å². The van der Waals surface area contributed by atoms with E-state index in [1.165, 1.54) is 6.42 Å². The Balaban J connectivity index is 1.98. The van der Waals surface area contributed by atoms with Crippen molar-refractivity contribution in [3.05, 3.63) is 35.9 Å². The molecule has 1 aromatic carbocycles. The van der Waals surface area contributed by atoms with Crippen molar-refractivity contribution in [2.45, 2.75) is 64.6 Å². The average Bonchev–Trinajstić information content (AvgIpc) is 2.45. The van der Waals surface area contributed by atoms with Gasteiger partial charge in [-0.1, -0.05) is 57.0 Å². The fraction of sp³-hybridized carbons (Fsp3) is 0.611. The van der Waals surface area contributed by atoms with Crippen LogP contribution in [0, 0.1) is 5.92 Å². The van der Waals surface area contributed by atoms with Gasteiger partial charge >= 0.3 is 0 Å². The number of carbonyl (C=O) groups excluding carboxylic acids is 1. The highest BCUT2D eigenvalue weighted by atomic mass is 16.1. The lowest BCUT2D eigenvalue weighted by atomic mass is 9.73. The molecule has 1 aliphatic rings. The third kappa shape index (κ3) is 4.31. The summed E-state index contributed by atoms with van der Waals surface area (Å²) in [7, 11) is 0. The first kappa shape index (κ1) is 16.0. The Bertz CT molecular complexity index is 458. The fourth-order valence-electron chi connectivity index (χ4n) is 3.49. The quantitative estimate of drug-likeness (QED) is 0.873. The number of benzene rings is 1. The SMILES string of the molecule is CC(C)NC1(C)CCCCC1C(=O)NCc1ccccc1. The summed E-state index contributed by atoms with van der Waals surface area (Å²) in [6.07, 6.45) is 4.42. The number of nitrogens with one attached hydrogen (secondary N) is 2. The minimum atomic E-state index is -0.0762. The van der Waals surface area contributed by atoms with E-state index in [4.69, 9.17) is 0 Å². The summed E-state index contributed by atoms with van der Waals surface area (Å²) in [5.74, 6) is 0.256. The topological polar surface area (TPSA) is 41.1 Å². The summed E-state index contributed by atoms with van der Waals surface area (Å²) < 4.78 is 0. The summed E-state index contributed by atoms with van der Waals surface area (Å²) in [6, 6.07) is 10.5. The van der Waals surface area contributed by atoms with E-state index in [0.29, 0.717) is 12.6 Å². The first-order valence-corrected chi connectivity index (χ1v) is 8.10. The largest absolute Gasteiger partial charge is 0.352 e. The standard InChI is InChI=1S/C18H28N2O/c1-14(2)20-18(3)12-8-7-11-16(18)17(21)19-13-15-9-5-4-6-10-15/h4-6,9-10,14,16,20H,7-8,11-13H2,1-3H3,(H,19,21). The van der Waals surface area contributed by atoms with Crippen molar-refractivity contribution in [1.82, 2.24) is 10.6 Å². The zero-order valence-corrected chi connectivity index (χ0v) is 13.5. The van der Waals surface area contributed by atoms with Gasteiger partial charge in [0.15, 0.2) is 0 Å². The summed E-state index contributed by atoms with van der Waals surface area (Å²) in [5.41, 5.74) is 1.08. The molecule has 1 saturated carbocycles. The van der Waals surface area contributed by atoms with Gasteiger partial charge in [0.2, 0.25) is 5.91 Å². The van der Waals surface area contributed by atoms with Crippen LogP contribution in [0.2, 0.25) is 0 Å². The van der Waals surface area contributed by atoms with Gasteiger partial charge in [-0.05, 0) is 25.3 Å². The molecule has 2 rings (SSSR count). The predicted molar refractivity (Wildman–Crippen MR) is 86.9 cm³/mol. The van der Waals surface area contributed by atoms with E-state index in [1.807, 2.05) is 30.3 Å². The molecule has 0 radical (unpaired) electrons. The van der Waals surface area contributed by atoms with Gasteiger partial charge in [0.25, 0.3) is 0 Å². The fourth-order valence-corrected chi connectivity index (χ4v) is 3.49. The molecule has 0 bridgehead atoms. The third-order valence-electron chi connectivity index (χ3n) is 4.45. The normalized spacial score (nSPS) is 25.8. The number of carbonyl (C=O) groups is 1. The van der Waals surface area contributed by atoms with Gasteiger partial charge in [0, 0.05) is 18.1 Å². The van der Waals surface area contributed by atoms with Gasteiger partial charge in [-0.25, -0.2) is 0 Å². The van der Waals surface area contributed by atoms with Crippen LogP contribution in [0.1, 0.15) is 52.0 Å². The van der Waals surface area contributed by atoms with E-state index in [2.05, 4.69) is 31.4 Å². The third-order valence-corrected chi connectivity index (χ3v) is 4.45. The summed E-state index contributed by atoms with van der Waals surface area (Å²) in [6.45, 7) is 7.13. The smallest absolute Gasteiger partial charge is 0.225 e. The second kappa shape index (κ2) is 7.08. The first-order chi connectivity index (χ1) is 10.0. The molecule has 2 unspecified atom stereocenters. The minimum Gasteiger partial charge on any atom is -0.352 e. The predicted octanol–water partition coefficient (Wildman–Crippen LogP) is 3.25. The first-order valence-electron chi connectivity index (χ1n) is 8.10. The molecule has 3 nitrogen and oxygen atoms in total. The molecular formula is C18H28N2O. The van der Waals surface area contributed by atoms with Crippen LogP contribution in [-0.4, -0.2) is 17.5 Å². The summed E-state index contributed by atoms with van der Waals surface area (Å²) in [5, 5.41) is 6.74. The molecule has 1 fully saturated rings. The maximum Gasteiger partial charge on any atom is 0.225 e. The van der Waals surface area contributed by atoms with Crippen LogP contribution in [-0.2, 0) is 11.3 Å². The number of amides is 1. The van der Waals surface area contributed by atoms with E-state index in [0.717, 1.165) is 24.8 Å². The van der Waals surface area contributed by atoms with E-state index in [-0.39, 0.29) is 17.4 Å². The van der Waals surface area contributed by atoms with Crippen molar-refractivity contribution in [1.29, 1.82) is 0 Å². The van der Waals surface area contributed by atoms with Crippen molar-refractivity contribution in [3.8, 4) is 0 Å². The maximum absolute atomic E-state index is 12.6. The number of rotatable bonds is 5. The Morgan fingerprint density at radius 2 is 2.00 bits per heavy atom. The van der Waals surface area contributed by atoms with Crippen LogP contribution in [0.3, 0.4) is 0 Å². The van der Waals surface area contributed by atoms with Crippen LogP contribution in [0.4, 0.5) is 0 Å². The molecule has 3 heteroatoms. The van der Waals surface area contributed by atoms with Crippen molar-refractivity contribution in [2.75, 3.05) is 0 Å². The number of hydrogen-bond acceptors (Lipinski definition) is 2. The zero-order chi connectivity index (χ0) is 15.3. The second-order valence-corrected chi connectivity index (χ2v) is 6.72. The van der Waals surface area contributed by atoms with Crippen LogP contribution < -0.4 is 10.6 Å². The highest BCUT2D eigenvalue weighted by molar-refractivity contribution is 5.80. The zero-order valence-electron chi connectivity index (χ0n) is 13.5. The van der Waals surface area contributed by atoms with Gasteiger partial charge in [0.1, 0.15) is 0 Å². The molecular weight excluding hydrogens is 260 g/mol. The van der Waals surface area contributed by atoms with Crippen molar-refractivity contribution in [2.24, 2.45) is 5.92 Å². The monoisotopic (exact) mass is 288 g/mol. The lowest BCUT2D eigenvalue weighted by molar-refractivity contribution is -0.129. The Kier molecular flexibility index (Phi) is 5.40. The molecule has 1 amide bonds. The Morgan fingerprint density at radius 1 is 1.29 bits per heavy atom. The van der Waals surface area contributed by atoms with E-state index in [9.17, 15) is 4.79 Å². The lowest BCUT2D eigenvalue weighted by Crippen LogP contribution is -2.57.